The van der Waals surface area contributed by atoms with E-state index in [1.807, 2.05) is 4.90 Å². The molecule has 0 radical (unpaired) electrons. The summed E-state index contributed by atoms with van der Waals surface area (Å²) in [4.78, 5) is 17.8. The number of carbonyl (C=O) groups excluding carboxylic acids is 1. The normalized spacial score (nSPS) is 10.9. The van der Waals surface area contributed by atoms with Crippen LogP contribution in [0.2, 0.25) is 0 Å². The van der Waals surface area contributed by atoms with Crippen LogP contribution in [0.5, 0.6) is 0 Å². The van der Waals surface area contributed by atoms with Crippen LogP contribution < -0.4 is 0 Å². The molecule has 0 saturated carbocycles. The Hall–Kier alpha value is -0.870. The van der Waals surface area contributed by atoms with Gasteiger partial charge in [0.1, 0.15) is 0 Å². The highest BCUT2D eigenvalue weighted by atomic mass is 32.1. The van der Waals surface area contributed by atoms with Gasteiger partial charge in [0.2, 0.25) is 5.91 Å². The standard InChI is InChI=1S/C15H26N2OS/c1-4-9-17(10-5-2)15(18)13-16(6-3)12-14-8-7-11-19-14/h7-8,11H,4-6,9-10,12-13H2,1-3H3. The van der Waals surface area contributed by atoms with Crippen LogP contribution in [0.25, 0.3) is 0 Å². The third-order valence-corrected chi connectivity index (χ3v) is 3.97. The Balaban J connectivity index is 2.50. The van der Waals surface area contributed by atoms with Crippen molar-refractivity contribution in [3.05, 3.63) is 22.4 Å². The number of amides is 1. The molecule has 3 nitrogen and oxygen atoms in total. The van der Waals surface area contributed by atoms with Crippen LogP contribution in [0.15, 0.2) is 17.5 Å². The van der Waals surface area contributed by atoms with Gasteiger partial charge in [-0.2, -0.15) is 0 Å². The van der Waals surface area contributed by atoms with Gasteiger partial charge in [-0.05, 0) is 30.8 Å². The number of likely N-dealkylation sites (N-methyl/N-ethyl adjacent to an activating group) is 1. The van der Waals surface area contributed by atoms with Crippen LogP contribution >= 0.6 is 11.3 Å². The van der Waals surface area contributed by atoms with E-state index in [0.717, 1.165) is 39.0 Å². The molecule has 1 amide bonds. The minimum atomic E-state index is 0.266. The molecule has 1 rings (SSSR count). The molecule has 0 bridgehead atoms. The van der Waals surface area contributed by atoms with Crippen LogP contribution in [0.4, 0.5) is 0 Å². The summed E-state index contributed by atoms with van der Waals surface area (Å²) in [5, 5.41) is 2.09. The second kappa shape index (κ2) is 9.10. The van der Waals surface area contributed by atoms with Crippen molar-refractivity contribution in [2.75, 3.05) is 26.2 Å². The van der Waals surface area contributed by atoms with Gasteiger partial charge in [-0.15, -0.1) is 11.3 Å². The fourth-order valence-electron chi connectivity index (χ4n) is 2.09. The molecule has 0 aromatic carbocycles. The second-order valence-corrected chi connectivity index (χ2v) is 5.80. The summed E-state index contributed by atoms with van der Waals surface area (Å²) in [7, 11) is 0. The van der Waals surface area contributed by atoms with E-state index in [9.17, 15) is 4.79 Å². The topological polar surface area (TPSA) is 23.6 Å². The highest BCUT2D eigenvalue weighted by Crippen LogP contribution is 2.12. The summed E-state index contributed by atoms with van der Waals surface area (Å²) >= 11 is 1.76. The molecule has 19 heavy (non-hydrogen) atoms. The lowest BCUT2D eigenvalue weighted by Gasteiger charge is -2.26. The van der Waals surface area contributed by atoms with E-state index in [1.54, 1.807) is 11.3 Å². The number of rotatable bonds is 9. The second-order valence-electron chi connectivity index (χ2n) is 4.76. The van der Waals surface area contributed by atoms with E-state index in [1.165, 1.54) is 4.88 Å². The molecule has 1 aromatic heterocycles. The Morgan fingerprint density at radius 3 is 2.37 bits per heavy atom. The Labute approximate surface area is 121 Å². The SMILES string of the molecule is CCCN(CCC)C(=O)CN(CC)Cc1cccs1. The molecule has 0 atom stereocenters. The molecule has 1 aromatic rings. The molecule has 0 fully saturated rings. The average molecular weight is 282 g/mol. The molecule has 0 aliphatic heterocycles. The first kappa shape index (κ1) is 16.2. The Morgan fingerprint density at radius 2 is 1.89 bits per heavy atom. The summed E-state index contributed by atoms with van der Waals surface area (Å²) < 4.78 is 0. The van der Waals surface area contributed by atoms with Gasteiger partial charge in [0, 0.05) is 24.5 Å². The third kappa shape index (κ3) is 5.74. The fraction of sp³-hybridized carbons (Fsp3) is 0.667. The molecule has 0 saturated heterocycles. The number of nitrogens with zero attached hydrogens (tertiary/aromatic N) is 2. The predicted octanol–water partition coefficient (Wildman–Crippen LogP) is 3.22. The Bertz CT molecular complexity index is 345. The molecule has 4 heteroatoms. The van der Waals surface area contributed by atoms with Gasteiger partial charge < -0.3 is 4.90 Å². The van der Waals surface area contributed by atoms with Gasteiger partial charge >= 0.3 is 0 Å². The van der Waals surface area contributed by atoms with Gasteiger partial charge in [0.15, 0.2) is 0 Å². The lowest BCUT2D eigenvalue weighted by atomic mass is 10.3. The average Bonchev–Trinajstić information content (AvgIpc) is 2.90. The molecular weight excluding hydrogens is 256 g/mol. The van der Waals surface area contributed by atoms with Crippen molar-refractivity contribution in [1.29, 1.82) is 0 Å². The number of carbonyl (C=O) groups is 1. The summed E-state index contributed by atoms with van der Waals surface area (Å²) in [5.74, 6) is 0.266. The van der Waals surface area contributed by atoms with Crippen molar-refractivity contribution < 1.29 is 4.79 Å². The van der Waals surface area contributed by atoms with E-state index >= 15 is 0 Å². The fourth-order valence-corrected chi connectivity index (χ4v) is 2.84. The molecule has 1 heterocycles. The Morgan fingerprint density at radius 1 is 1.21 bits per heavy atom. The van der Waals surface area contributed by atoms with Crippen LogP contribution in [0.3, 0.4) is 0 Å². The highest BCUT2D eigenvalue weighted by Gasteiger charge is 2.15. The predicted molar refractivity (Wildman–Crippen MR) is 82.4 cm³/mol. The van der Waals surface area contributed by atoms with E-state index in [4.69, 9.17) is 0 Å². The summed E-state index contributed by atoms with van der Waals surface area (Å²) in [6.45, 7) is 10.5. The Kier molecular flexibility index (Phi) is 7.75. The van der Waals surface area contributed by atoms with Crippen molar-refractivity contribution >= 4 is 17.2 Å². The quantitative estimate of drug-likeness (QED) is 0.694. The van der Waals surface area contributed by atoms with Crippen LogP contribution in [0.1, 0.15) is 38.5 Å². The summed E-state index contributed by atoms with van der Waals surface area (Å²) in [5.41, 5.74) is 0. The monoisotopic (exact) mass is 282 g/mol. The number of hydrogen-bond acceptors (Lipinski definition) is 3. The first-order valence-corrected chi connectivity index (χ1v) is 8.11. The summed E-state index contributed by atoms with van der Waals surface area (Å²) in [6, 6.07) is 4.20. The zero-order valence-corrected chi connectivity index (χ0v) is 13.2. The third-order valence-electron chi connectivity index (χ3n) is 3.11. The lowest BCUT2D eigenvalue weighted by Crippen LogP contribution is -2.40. The maximum absolute atomic E-state index is 12.3. The van der Waals surface area contributed by atoms with Gasteiger partial charge in [0.05, 0.1) is 6.54 Å². The first-order valence-electron chi connectivity index (χ1n) is 7.23. The zero-order chi connectivity index (χ0) is 14.1. The maximum Gasteiger partial charge on any atom is 0.236 e. The first-order chi connectivity index (χ1) is 9.21. The van der Waals surface area contributed by atoms with Crippen LogP contribution in [-0.4, -0.2) is 41.9 Å². The van der Waals surface area contributed by atoms with Crippen molar-refractivity contribution in [2.45, 2.75) is 40.2 Å². The van der Waals surface area contributed by atoms with Crippen molar-refractivity contribution in [3.8, 4) is 0 Å². The zero-order valence-electron chi connectivity index (χ0n) is 12.4. The van der Waals surface area contributed by atoms with Crippen molar-refractivity contribution in [2.24, 2.45) is 0 Å². The minimum Gasteiger partial charge on any atom is -0.342 e. The maximum atomic E-state index is 12.3. The molecule has 0 spiro atoms. The summed E-state index contributed by atoms with van der Waals surface area (Å²) in [6.07, 6.45) is 2.06. The molecule has 0 aliphatic rings. The smallest absolute Gasteiger partial charge is 0.236 e. The van der Waals surface area contributed by atoms with Crippen LogP contribution in [0, 0.1) is 0 Å². The van der Waals surface area contributed by atoms with Gasteiger partial charge in [-0.3, -0.25) is 9.69 Å². The van der Waals surface area contributed by atoms with Gasteiger partial charge in [0.25, 0.3) is 0 Å². The van der Waals surface area contributed by atoms with Gasteiger partial charge in [-0.1, -0.05) is 26.8 Å². The van der Waals surface area contributed by atoms with E-state index in [2.05, 4.69) is 43.2 Å². The van der Waals surface area contributed by atoms with Crippen molar-refractivity contribution in [3.63, 3.8) is 0 Å². The van der Waals surface area contributed by atoms with E-state index < -0.39 is 0 Å². The highest BCUT2D eigenvalue weighted by molar-refractivity contribution is 7.09. The minimum absolute atomic E-state index is 0.266. The molecule has 108 valence electrons. The van der Waals surface area contributed by atoms with Crippen molar-refractivity contribution in [1.82, 2.24) is 9.80 Å². The van der Waals surface area contributed by atoms with E-state index in [-0.39, 0.29) is 5.91 Å². The van der Waals surface area contributed by atoms with E-state index in [0.29, 0.717) is 6.54 Å². The molecule has 0 aliphatic carbocycles. The van der Waals surface area contributed by atoms with Crippen LogP contribution in [-0.2, 0) is 11.3 Å². The van der Waals surface area contributed by atoms with Gasteiger partial charge in [-0.25, -0.2) is 0 Å². The molecule has 0 unspecified atom stereocenters. The lowest BCUT2D eigenvalue weighted by molar-refractivity contribution is -0.132. The molecule has 0 N–H and O–H groups in total. The number of thiophene rings is 1. The molecular formula is C15H26N2OS. The number of hydrogen-bond donors (Lipinski definition) is 0. The largest absolute Gasteiger partial charge is 0.342 e.